The van der Waals surface area contributed by atoms with E-state index in [0.29, 0.717) is 11.8 Å². The maximum absolute atomic E-state index is 9.92. The molecule has 1 atom stereocenters. The first-order valence-corrected chi connectivity index (χ1v) is 8.45. The van der Waals surface area contributed by atoms with Crippen LogP contribution in [0.3, 0.4) is 0 Å². The van der Waals surface area contributed by atoms with E-state index in [-0.39, 0.29) is 0 Å². The number of phenolic OH excluding ortho intramolecular Hbond substituents is 1. The van der Waals surface area contributed by atoms with Crippen LogP contribution in [0.5, 0.6) is 5.75 Å². The van der Waals surface area contributed by atoms with Crippen molar-refractivity contribution in [1.29, 1.82) is 0 Å². The largest absolute Gasteiger partial charge is 0.507 e. The summed E-state index contributed by atoms with van der Waals surface area (Å²) in [6, 6.07) is 4.54. The molecule has 0 bridgehead atoms. The summed E-state index contributed by atoms with van der Waals surface area (Å²) in [5.74, 6) is 0.394. The van der Waals surface area contributed by atoms with Gasteiger partial charge in [0, 0.05) is 16.5 Å². The van der Waals surface area contributed by atoms with E-state index in [4.69, 9.17) is 4.98 Å². The highest BCUT2D eigenvalue weighted by molar-refractivity contribution is 7.15. The van der Waals surface area contributed by atoms with Crippen LogP contribution in [-0.2, 0) is 6.42 Å². The molecule has 0 spiro atoms. The number of hydrogen-bond acceptors (Lipinski definition) is 4. The average molecular weight is 302 g/mol. The Balaban J connectivity index is 2.01. The Hall–Kier alpha value is -1.39. The molecule has 1 aromatic carbocycles. The van der Waals surface area contributed by atoms with Gasteiger partial charge in [0.2, 0.25) is 0 Å². The molecule has 0 aliphatic heterocycles. The summed E-state index contributed by atoms with van der Waals surface area (Å²) in [6.45, 7) is 7.04. The average Bonchev–Trinajstić information content (AvgIpc) is 2.89. The van der Waals surface area contributed by atoms with E-state index >= 15 is 0 Å². The number of thiazole rings is 1. The summed E-state index contributed by atoms with van der Waals surface area (Å²) in [4.78, 5) is 6.27. The molecule has 0 amide bonds. The Morgan fingerprint density at radius 1 is 1.33 bits per heavy atom. The summed E-state index contributed by atoms with van der Waals surface area (Å²) in [5.41, 5.74) is 4.22. The van der Waals surface area contributed by atoms with Crippen LogP contribution in [0, 0.1) is 13.8 Å². The van der Waals surface area contributed by atoms with Crippen molar-refractivity contribution in [1.82, 2.24) is 10.3 Å². The lowest BCUT2D eigenvalue weighted by molar-refractivity contribution is 0.467. The molecule has 1 aromatic heterocycles. The van der Waals surface area contributed by atoms with Gasteiger partial charge in [-0.3, -0.25) is 0 Å². The monoisotopic (exact) mass is 302 g/mol. The van der Waals surface area contributed by atoms with E-state index in [9.17, 15) is 5.11 Å². The van der Waals surface area contributed by atoms with Crippen molar-refractivity contribution < 1.29 is 5.11 Å². The molecule has 3 rings (SSSR count). The van der Waals surface area contributed by atoms with Gasteiger partial charge in [-0.2, -0.15) is 0 Å². The smallest absolute Gasteiger partial charge is 0.123 e. The maximum Gasteiger partial charge on any atom is 0.123 e. The van der Waals surface area contributed by atoms with Gasteiger partial charge in [-0.25, -0.2) is 4.98 Å². The number of aromatic nitrogens is 1. The number of nitrogens with zero attached hydrogens (tertiary/aromatic N) is 1. The SMILES string of the molecule is CCNC1CCCc2nc(-c3cc(C)c(O)c(C)c3)sc21. The number of rotatable bonds is 3. The molecule has 3 nitrogen and oxygen atoms in total. The Kier molecular flexibility index (Phi) is 4.00. The van der Waals surface area contributed by atoms with Crippen LogP contribution in [0.15, 0.2) is 12.1 Å². The van der Waals surface area contributed by atoms with E-state index in [2.05, 4.69) is 12.2 Å². The van der Waals surface area contributed by atoms with Gasteiger partial charge in [0.25, 0.3) is 0 Å². The predicted molar refractivity (Wildman–Crippen MR) is 88.0 cm³/mol. The van der Waals surface area contributed by atoms with Crippen LogP contribution in [0.1, 0.15) is 47.5 Å². The van der Waals surface area contributed by atoms with Gasteiger partial charge in [-0.1, -0.05) is 6.92 Å². The van der Waals surface area contributed by atoms with E-state index < -0.39 is 0 Å². The highest BCUT2D eigenvalue weighted by atomic mass is 32.1. The molecule has 2 N–H and O–H groups in total. The molecule has 0 radical (unpaired) electrons. The lowest BCUT2D eigenvalue weighted by atomic mass is 9.98. The molecule has 1 unspecified atom stereocenters. The first-order valence-electron chi connectivity index (χ1n) is 7.63. The second kappa shape index (κ2) is 5.78. The fraction of sp³-hybridized carbons (Fsp3) is 0.471. The van der Waals surface area contributed by atoms with Gasteiger partial charge in [0.15, 0.2) is 0 Å². The number of benzene rings is 1. The van der Waals surface area contributed by atoms with Gasteiger partial charge in [0.1, 0.15) is 10.8 Å². The quantitative estimate of drug-likeness (QED) is 0.896. The second-order valence-electron chi connectivity index (χ2n) is 5.79. The van der Waals surface area contributed by atoms with Crippen molar-refractivity contribution in [2.45, 2.75) is 46.1 Å². The Morgan fingerprint density at radius 3 is 2.71 bits per heavy atom. The number of nitrogens with one attached hydrogen (secondary N) is 1. The van der Waals surface area contributed by atoms with Crippen LogP contribution in [0.25, 0.3) is 10.6 Å². The van der Waals surface area contributed by atoms with E-state index in [1.165, 1.54) is 23.4 Å². The van der Waals surface area contributed by atoms with E-state index in [1.54, 1.807) is 11.3 Å². The van der Waals surface area contributed by atoms with Gasteiger partial charge < -0.3 is 10.4 Å². The molecular weight excluding hydrogens is 280 g/mol. The van der Waals surface area contributed by atoms with Crippen molar-refractivity contribution in [3.63, 3.8) is 0 Å². The summed E-state index contributed by atoms with van der Waals surface area (Å²) >= 11 is 1.80. The third-order valence-electron chi connectivity index (χ3n) is 4.14. The first kappa shape index (κ1) is 14.5. The number of hydrogen-bond donors (Lipinski definition) is 2. The topological polar surface area (TPSA) is 45.2 Å². The summed E-state index contributed by atoms with van der Waals surface area (Å²) in [6.07, 6.45) is 3.50. The fourth-order valence-electron chi connectivity index (χ4n) is 3.06. The Bertz CT molecular complexity index is 640. The standard InChI is InChI=1S/C17H22N2OS/c1-4-18-13-6-5-7-14-16(13)21-17(19-14)12-8-10(2)15(20)11(3)9-12/h8-9,13,18,20H,4-7H2,1-3H3. The number of phenols is 1. The zero-order valence-electron chi connectivity index (χ0n) is 12.9. The van der Waals surface area contributed by atoms with Gasteiger partial charge in [0.05, 0.1) is 5.69 Å². The molecule has 0 saturated heterocycles. The summed E-state index contributed by atoms with van der Waals surface area (Å²) in [5, 5.41) is 14.6. The number of aryl methyl sites for hydroxylation is 3. The van der Waals surface area contributed by atoms with Gasteiger partial charge in [-0.15, -0.1) is 11.3 Å². The molecule has 0 fully saturated rings. The zero-order valence-corrected chi connectivity index (χ0v) is 13.7. The Labute approximate surface area is 130 Å². The third kappa shape index (κ3) is 2.70. The number of fused-ring (bicyclic) bond motifs is 1. The van der Waals surface area contributed by atoms with Crippen LogP contribution < -0.4 is 5.32 Å². The zero-order chi connectivity index (χ0) is 15.0. The molecule has 4 heteroatoms. The minimum absolute atomic E-state index is 0.394. The maximum atomic E-state index is 9.92. The van der Waals surface area contributed by atoms with Crippen molar-refractivity contribution in [2.24, 2.45) is 0 Å². The van der Waals surface area contributed by atoms with E-state index in [0.717, 1.165) is 34.7 Å². The highest BCUT2D eigenvalue weighted by Crippen LogP contribution is 2.39. The number of aromatic hydroxyl groups is 1. The normalized spacial score (nSPS) is 17.8. The fourth-order valence-corrected chi connectivity index (χ4v) is 4.27. The molecule has 2 aromatic rings. The molecule has 21 heavy (non-hydrogen) atoms. The molecule has 0 saturated carbocycles. The van der Waals surface area contributed by atoms with Gasteiger partial charge in [-0.05, 0) is 62.9 Å². The summed E-state index contributed by atoms with van der Waals surface area (Å²) in [7, 11) is 0. The van der Waals surface area contributed by atoms with Crippen LogP contribution in [-0.4, -0.2) is 16.6 Å². The van der Waals surface area contributed by atoms with Crippen LogP contribution in [0.2, 0.25) is 0 Å². The van der Waals surface area contributed by atoms with Crippen LogP contribution in [0.4, 0.5) is 0 Å². The lowest BCUT2D eigenvalue weighted by Gasteiger charge is -2.21. The molecule has 1 aliphatic rings. The van der Waals surface area contributed by atoms with Crippen LogP contribution >= 0.6 is 11.3 Å². The minimum Gasteiger partial charge on any atom is -0.507 e. The first-order chi connectivity index (χ1) is 10.1. The minimum atomic E-state index is 0.394. The van der Waals surface area contributed by atoms with E-state index in [1.807, 2.05) is 26.0 Å². The van der Waals surface area contributed by atoms with Crippen molar-refractivity contribution in [2.75, 3.05) is 6.54 Å². The molecular formula is C17H22N2OS. The van der Waals surface area contributed by atoms with Crippen molar-refractivity contribution >= 4 is 11.3 Å². The Morgan fingerprint density at radius 2 is 2.05 bits per heavy atom. The van der Waals surface area contributed by atoms with Crippen molar-refractivity contribution in [3.05, 3.63) is 33.8 Å². The lowest BCUT2D eigenvalue weighted by Crippen LogP contribution is -2.23. The molecule has 1 heterocycles. The second-order valence-corrected chi connectivity index (χ2v) is 6.82. The van der Waals surface area contributed by atoms with Gasteiger partial charge >= 0.3 is 0 Å². The van der Waals surface area contributed by atoms with Crippen molar-refractivity contribution in [3.8, 4) is 16.3 Å². The highest BCUT2D eigenvalue weighted by Gasteiger charge is 2.24. The predicted octanol–water partition coefficient (Wildman–Crippen LogP) is 4.12. The molecule has 1 aliphatic carbocycles. The molecule has 112 valence electrons. The summed E-state index contributed by atoms with van der Waals surface area (Å²) < 4.78 is 0. The third-order valence-corrected chi connectivity index (χ3v) is 5.40.